The largest absolute Gasteiger partial charge is 0.319 e. The fourth-order valence-corrected chi connectivity index (χ4v) is 3.15. The Morgan fingerprint density at radius 3 is 2.67 bits per heavy atom. The molecule has 15 heavy (non-hydrogen) atoms. The molecule has 0 atom stereocenters. The van der Waals surface area contributed by atoms with E-state index in [2.05, 4.69) is 0 Å². The average molecular weight is 244 g/mol. The van der Waals surface area contributed by atoms with Crippen LogP contribution >= 0.6 is 22.9 Å². The molecule has 0 spiro atoms. The molecule has 0 aromatic carbocycles. The number of carbonyl (C=O) groups excluding carboxylic acids is 1. The second-order valence-electron chi connectivity index (χ2n) is 4.17. The minimum absolute atomic E-state index is 0.165. The first-order valence-electron chi connectivity index (χ1n) is 5.16. The molecule has 0 radical (unpaired) electrons. The highest BCUT2D eigenvalue weighted by Gasteiger charge is 2.36. The van der Waals surface area contributed by atoms with Crippen LogP contribution in [0.2, 0.25) is 4.34 Å². The topological polar surface area (TPSA) is 43.1 Å². The van der Waals surface area contributed by atoms with Crippen molar-refractivity contribution in [3.63, 3.8) is 0 Å². The molecule has 2 rings (SSSR count). The molecule has 2 nitrogen and oxygen atoms in total. The van der Waals surface area contributed by atoms with Gasteiger partial charge < -0.3 is 5.73 Å². The van der Waals surface area contributed by atoms with E-state index >= 15 is 0 Å². The number of ketones is 1. The molecule has 0 saturated heterocycles. The van der Waals surface area contributed by atoms with Gasteiger partial charge in [-0.3, -0.25) is 4.79 Å². The van der Waals surface area contributed by atoms with Crippen molar-refractivity contribution in [1.29, 1.82) is 0 Å². The maximum Gasteiger partial charge on any atom is 0.157 e. The number of thiophene rings is 1. The summed E-state index contributed by atoms with van der Waals surface area (Å²) in [6.45, 7) is 0. The Hall–Kier alpha value is -0.380. The number of halogens is 1. The van der Waals surface area contributed by atoms with Crippen molar-refractivity contribution < 1.29 is 4.79 Å². The number of hydrogen-bond donors (Lipinski definition) is 1. The van der Waals surface area contributed by atoms with Gasteiger partial charge in [-0.2, -0.15) is 0 Å². The van der Waals surface area contributed by atoms with Gasteiger partial charge in [0.15, 0.2) is 5.78 Å². The van der Waals surface area contributed by atoms with Gasteiger partial charge in [0.1, 0.15) is 0 Å². The van der Waals surface area contributed by atoms with Crippen molar-refractivity contribution in [1.82, 2.24) is 0 Å². The Labute approximate surface area is 98.4 Å². The monoisotopic (exact) mass is 243 g/mol. The Bertz CT molecular complexity index is 368. The summed E-state index contributed by atoms with van der Waals surface area (Å²) in [5.74, 6) is 0.165. The van der Waals surface area contributed by atoms with E-state index < -0.39 is 5.54 Å². The van der Waals surface area contributed by atoms with Crippen LogP contribution < -0.4 is 5.73 Å². The summed E-state index contributed by atoms with van der Waals surface area (Å²) in [5, 5.41) is 0. The molecule has 82 valence electrons. The fraction of sp³-hybridized carbons (Fsp3) is 0.545. The van der Waals surface area contributed by atoms with Gasteiger partial charge in [-0.1, -0.05) is 24.4 Å². The van der Waals surface area contributed by atoms with Crippen LogP contribution in [0.1, 0.15) is 30.6 Å². The zero-order valence-electron chi connectivity index (χ0n) is 8.46. The maximum atomic E-state index is 12.0. The van der Waals surface area contributed by atoms with Crippen LogP contribution in [0.4, 0.5) is 0 Å². The van der Waals surface area contributed by atoms with Crippen LogP contribution in [-0.2, 0) is 11.2 Å². The predicted molar refractivity (Wildman–Crippen MR) is 63.4 cm³/mol. The quantitative estimate of drug-likeness (QED) is 0.887. The van der Waals surface area contributed by atoms with Gasteiger partial charge in [0.25, 0.3) is 0 Å². The molecule has 1 aromatic heterocycles. The third-order valence-electron chi connectivity index (χ3n) is 3.01. The number of rotatable bonds is 3. The molecule has 4 heteroatoms. The molecule has 0 unspecified atom stereocenters. The van der Waals surface area contributed by atoms with Crippen molar-refractivity contribution in [3.05, 3.63) is 21.3 Å². The smallest absolute Gasteiger partial charge is 0.157 e. The summed E-state index contributed by atoms with van der Waals surface area (Å²) < 4.78 is 0.732. The maximum absolute atomic E-state index is 12.0. The van der Waals surface area contributed by atoms with Crippen molar-refractivity contribution in [2.45, 2.75) is 37.6 Å². The SMILES string of the molecule is NC1(C(=O)Cc2ccc(Cl)s2)CCCC1. The van der Waals surface area contributed by atoms with Crippen molar-refractivity contribution in [3.8, 4) is 0 Å². The number of nitrogens with two attached hydrogens (primary N) is 1. The average Bonchev–Trinajstić information content (AvgIpc) is 2.76. The van der Waals surface area contributed by atoms with E-state index in [9.17, 15) is 4.79 Å². The summed E-state index contributed by atoms with van der Waals surface area (Å²) in [6.07, 6.45) is 4.27. The van der Waals surface area contributed by atoms with E-state index in [1.165, 1.54) is 11.3 Å². The van der Waals surface area contributed by atoms with Gasteiger partial charge in [0, 0.05) is 11.3 Å². The highest BCUT2D eigenvalue weighted by atomic mass is 35.5. The van der Waals surface area contributed by atoms with Crippen LogP contribution in [0.3, 0.4) is 0 Å². The van der Waals surface area contributed by atoms with Crippen LogP contribution in [0.15, 0.2) is 12.1 Å². The number of carbonyl (C=O) groups is 1. The lowest BCUT2D eigenvalue weighted by molar-refractivity contribution is -0.123. The third kappa shape index (κ3) is 2.41. The van der Waals surface area contributed by atoms with E-state index in [0.29, 0.717) is 6.42 Å². The van der Waals surface area contributed by atoms with E-state index in [1.54, 1.807) is 0 Å². The summed E-state index contributed by atoms with van der Waals surface area (Å²) in [6, 6.07) is 3.73. The molecule has 1 aromatic rings. The summed E-state index contributed by atoms with van der Waals surface area (Å²) in [5.41, 5.74) is 5.52. The van der Waals surface area contributed by atoms with Gasteiger partial charge in [-0.25, -0.2) is 0 Å². The van der Waals surface area contributed by atoms with Gasteiger partial charge in [-0.05, 0) is 25.0 Å². The first-order valence-corrected chi connectivity index (χ1v) is 6.36. The molecule has 0 amide bonds. The lowest BCUT2D eigenvalue weighted by Gasteiger charge is -2.21. The van der Waals surface area contributed by atoms with E-state index in [4.69, 9.17) is 17.3 Å². The zero-order chi connectivity index (χ0) is 10.9. The third-order valence-corrected chi connectivity index (χ3v) is 4.25. The molecule has 1 aliphatic carbocycles. The summed E-state index contributed by atoms with van der Waals surface area (Å²) in [4.78, 5) is 13.0. The van der Waals surface area contributed by atoms with Crippen LogP contribution in [0.25, 0.3) is 0 Å². The Kier molecular flexibility index (Phi) is 3.14. The normalized spacial score (nSPS) is 19.3. The van der Waals surface area contributed by atoms with Crippen molar-refractivity contribution in [2.24, 2.45) is 5.73 Å². The van der Waals surface area contributed by atoms with E-state index in [1.807, 2.05) is 12.1 Å². The van der Waals surface area contributed by atoms with Gasteiger partial charge >= 0.3 is 0 Å². The van der Waals surface area contributed by atoms with E-state index in [0.717, 1.165) is 34.9 Å². The summed E-state index contributed by atoms with van der Waals surface area (Å²) >= 11 is 7.28. The Morgan fingerprint density at radius 1 is 1.47 bits per heavy atom. The Balaban J connectivity index is 2.03. The highest BCUT2D eigenvalue weighted by Crippen LogP contribution is 2.30. The molecule has 1 saturated carbocycles. The first-order chi connectivity index (χ1) is 7.10. The summed E-state index contributed by atoms with van der Waals surface area (Å²) in [7, 11) is 0. The minimum atomic E-state index is -0.559. The lowest BCUT2D eigenvalue weighted by atomic mass is 9.91. The van der Waals surface area contributed by atoms with Crippen LogP contribution in [-0.4, -0.2) is 11.3 Å². The molecule has 1 fully saturated rings. The molecule has 1 aliphatic rings. The first kappa shape index (κ1) is 11.1. The predicted octanol–water partition coefficient (Wildman–Crippen LogP) is 2.78. The fourth-order valence-electron chi connectivity index (χ4n) is 2.07. The molecule has 0 bridgehead atoms. The second kappa shape index (κ2) is 4.24. The lowest BCUT2D eigenvalue weighted by Crippen LogP contribution is -2.45. The van der Waals surface area contributed by atoms with Crippen molar-refractivity contribution >= 4 is 28.7 Å². The minimum Gasteiger partial charge on any atom is -0.319 e. The van der Waals surface area contributed by atoms with Crippen LogP contribution in [0.5, 0.6) is 0 Å². The standard InChI is InChI=1S/C11H14ClNOS/c12-10-4-3-8(15-10)7-9(14)11(13)5-1-2-6-11/h3-4H,1-2,5-7,13H2. The zero-order valence-corrected chi connectivity index (χ0v) is 10.0. The molecule has 1 heterocycles. The van der Waals surface area contributed by atoms with Gasteiger partial charge in [0.05, 0.1) is 9.88 Å². The number of hydrogen-bond acceptors (Lipinski definition) is 3. The van der Waals surface area contributed by atoms with Crippen molar-refractivity contribution in [2.75, 3.05) is 0 Å². The molecule has 2 N–H and O–H groups in total. The number of Topliss-reactive ketones (excluding diaryl/α,β-unsaturated/α-hetero) is 1. The van der Waals surface area contributed by atoms with E-state index in [-0.39, 0.29) is 5.78 Å². The van der Waals surface area contributed by atoms with Gasteiger partial charge in [0.2, 0.25) is 0 Å². The molecular weight excluding hydrogens is 230 g/mol. The second-order valence-corrected chi connectivity index (χ2v) is 5.97. The molecular formula is C11H14ClNOS. The Morgan fingerprint density at radius 2 is 2.13 bits per heavy atom. The van der Waals surface area contributed by atoms with Gasteiger partial charge in [-0.15, -0.1) is 11.3 Å². The van der Waals surface area contributed by atoms with Crippen LogP contribution in [0, 0.1) is 0 Å². The highest BCUT2D eigenvalue weighted by molar-refractivity contribution is 7.16. The molecule has 0 aliphatic heterocycles.